The first-order valence-electron chi connectivity index (χ1n) is 9.31. The molecule has 2 aromatic carbocycles. The minimum Gasteiger partial charge on any atom is -0.345 e. The van der Waals surface area contributed by atoms with Crippen molar-refractivity contribution in [2.45, 2.75) is 33.2 Å². The summed E-state index contributed by atoms with van der Waals surface area (Å²) in [5, 5.41) is 3.77. The predicted octanol–water partition coefficient (Wildman–Crippen LogP) is 4.58. The number of benzene rings is 2. The second kappa shape index (κ2) is 7.58. The number of amides is 1. The highest BCUT2D eigenvalue weighted by Crippen LogP contribution is 2.30. The number of halogens is 1. The van der Waals surface area contributed by atoms with Crippen LogP contribution in [0.5, 0.6) is 0 Å². The maximum Gasteiger partial charge on any atom is 0.252 e. The molecule has 4 nitrogen and oxygen atoms in total. The fourth-order valence-corrected chi connectivity index (χ4v) is 3.39. The van der Waals surface area contributed by atoms with E-state index < -0.39 is 0 Å². The third-order valence-corrected chi connectivity index (χ3v) is 4.79. The molecule has 3 aromatic rings. The molecule has 0 aliphatic heterocycles. The van der Waals surface area contributed by atoms with Gasteiger partial charge in [0.1, 0.15) is 5.82 Å². The molecule has 0 saturated heterocycles. The summed E-state index contributed by atoms with van der Waals surface area (Å²) in [6, 6.07) is 14.6. The molecule has 1 unspecified atom stereocenters. The van der Waals surface area contributed by atoms with E-state index in [0.29, 0.717) is 17.5 Å². The van der Waals surface area contributed by atoms with Gasteiger partial charge in [0.05, 0.1) is 17.1 Å². The maximum atomic E-state index is 13.3. The van der Waals surface area contributed by atoms with Crippen molar-refractivity contribution in [1.82, 2.24) is 9.88 Å². The lowest BCUT2D eigenvalue weighted by Crippen LogP contribution is -2.32. The van der Waals surface area contributed by atoms with E-state index in [4.69, 9.17) is 0 Å². The smallest absolute Gasteiger partial charge is 0.252 e. The molecule has 1 heterocycles. The van der Waals surface area contributed by atoms with Gasteiger partial charge in [0.2, 0.25) is 0 Å². The Kier molecular flexibility index (Phi) is 5.36. The van der Waals surface area contributed by atoms with Gasteiger partial charge in [0, 0.05) is 18.5 Å². The summed E-state index contributed by atoms with van der Waals surface area (Å²) in [5.41, 5.74) is 1.59. The van der Waals surface area contributed by atoms with Gasteiger partial charge in [-0.3, -0.25) is 9.59 Å². The standard InChI is InChI=1S/C23H25FN2O2/c1-23(2,3)14-19(15-9-11-16(24)12-10-15)25-22(28)18-13-21(27)26(4)20-8-6-5-7-17(18)20/h5-13,19H,14H2,1-4H3,(H,25,28). The summed E-state index contributed by atoms with van der Waals surface area (Å²) in [5.74, 6) is -0.630. The quantitative estimate of drug-likeness (QED) is 0.720. The zero-order valence-electron chi connectivity index (χ0n) is 16.6. The molecule has 0 bridgehead atoms. The zero-order valence-corrected chi connectivity index (χ0v) is 16.6. The highest BCUT2D eigenvalue weighted by Gasteiger charge is 2.24. The number of nitrogens with one attached hydrogen (secondary N) is 1. The molecule has 28 heavy (non-hydrogen) atoms. The first-order chi connectivity index (χ1) is 13.2. The average Bonchev–Trinajstić information content (AvgIpc) is 2.63. The predicted molar refractivity (Wildman–Crippen MR) is 110 cm³/mol. The Hall–Kier alpha value is -2.95. The molecule has 146 valence electrons. The lowest BCUT2D eigenvalue weighted by molar-refractivity contribution is 0.0928. The summed E-state index contributed by atoms with van der Waals surface area (Å²) >= 11 is 0. The highest BCUT2D eigenvalue weighted by molar-refractivity contribution is 6.06. The van der Waals surface area contributed by atoms with Crippen molar-refractivity contribution in [2.75, 3.05) is 0 Å². The van der Waals surface area contributed by atoms with Gasteiger partial charge in [-0.05, 0) is 35.6 Å². The molecule has 0 aliphatic carbocycles. The number of carbonyl (C=O) groups excluding carboxylic acids is 1. The monoisotopic (exact) mass is 380 g/mol. The van der Waals surface area contributed by atoms with Crippen LogP contribution in [0.4, 0.5) is 4.39 Å². The average molecular weight is 380 g/mol. The molecule has 0 aliphatic rings. The molecule has 1 atom stereocenters. The normalized spacial score (nSPS) is 12.8. The minimum atomic E-state index is -0.317. The van der Waals surface area contributed by atoms with Crippen molar-refractivity contribution in [3.05, 3.63) is 81.9 Å². The number of pyridine rings is 1. The van der Waals surface area contributed by atoms with E-state index in [9.17, 15) is 14.0 Å². The maximum absolute atomic E-state index is 13.3. The van der Waals surface area contributed by atoms with Crippen LogP contribution >= 0.6 is 0 Å². The van der Waals surface area contributed by atoms with Crippen LogP contribution in [0, 0.1) is 11.2 Å². The van der Waals surface area contributed by atoms with E-state index in [1.165, 1.54) is 22.8 Å². The summed E-state index contributed by atoms with van der Waals surface area (Å²) < 4.78 is 14.9. The van der Waals surface area contributed by atoms with Crippen molar-refractivity contribution in [1.29, 1.82) is 0 Å². The van der Waals surface area contributed by atoms with Crippen LogP contribution in [-0.2, 0) is 7.05 Å². The van der Waals surface area contributed by atoms with Crippen molar-refractivity contribution in [3.63, 3.8) is 0 Å². The molecule has 0 fully saturated rings. The summed E-state index contributed by atoms with van der Waals surface area (Å²) in [4.78, 5) is 25.4. The van der Waals surface area contributed by atoms with Crippen LogP contribution in [0.3, 0.4) is 0 Å². The zero-order chi connectivity index (χ0) is 20.5. The van der Waals surface area contributed by atoms with Crippen LogP contribution in [-0.4, -0.2) is 10.5 Å². The number of aromatic nitrogens is 1. The van der Waals surface area contributed by atoms with Gasteiger partial charge in [-0.15, -0.1) is 0 Å². The van der Waals surface area contributed by atoms with E-state index >= 15 is 0 Å². The van der Waals surface area contributed by atoms with Gasteiger partial charge in [0.15, 0.2) is 0 Å². The Morgan fingerprint density at radius 1 is 1.11 bits per heavy atom. The van der Waals surface area contributed by atoms with Crippen molar-refractivity contribution in [3.8, 4) is 0 Å². The number of carbonyl (C=O) groups is 1. The molecule has 1 N–H and O–H groups in total. The fraction of sp³-hybridized carbons (Fsp3) is 0.304. The third kappa shape index (κ3) is 4.30. The fourth-order valence-electron chi connectivity index (χ4n) is 3.39. The van der Waals surface area contributed by atoms with Gasteiger partial charge in [0.25, 0.3) is 11.5 Å². The van der Waals surface area contributed by atoms with E-state index in [0.717, 1.165) is 10.9 Å². The molecule has 0 radical (unpaired) electrons. The minimum absolute atomic E-state index is 0.0543. The van der Waals surface area contributed by atoms with Crippen molar-refractivity contribution in [2.24, 2.45) is 12.5 Å². The Morgan fingerprint density at radius 3 is 2.39 bits per heavy atom. The highest BCUT2D eigenvalue weighted by atomic mass is 19.1. The van der Waals surface area contributed by atoms with Crippen molar-refractivity contribution < 1.29 is 9.18 Å². The van der Waals surface area contributed by atoms with Gasteiger partial charge < -0.3 is 9.88 Å². The van der Waals surface area contributed by atoms with Crippen LogP contribution in [0.1, 0.15) is 49.2 Å². The number of aryl methyl sites for hydroxylation is 1. The van der Waals surface area contributed by atoms with E-state index in [1.807, 2.05) is 24.3 Å². The summed E-state index contributed by atoms with van der Waals surface area (Å²) in [7, 11) is 1.69. The van der Waals surface area contributed by atoms with E-state index in [2.05, 4.69) is 26.1 Å². The van der Waals surface area contributed by atoms with E-state index in [1.54, 1.807) is 19.2 Å². The molecule has 3 rings (SSSR count). The lowest BCUT2D eigenvalue weighted by Gasteiger charge is -2.27. The largest absolute Gasteiger partial charge is 0.345 e. The number of rotatable bonds is 4. The molecular weight excluding hydrogens is 355 g/mol. The van der Waals surface area contributed by atoms with E-state index in [-0.39, 0.29) is 28.7 Å². The lowest BCUT2D eigenvalue weighted by atomic mass is 9.85. The molecule has 0 spiro atoms. The topological polar surface area (TPSA) is 51.1 Å². The number of para-hydroxylation sites is 1. The Balaban J connectivity index is 2.01. The number of hydrogen-bond donors (Lipinski definition) is 1. The van der Waals surface area contributed by atoms with Crippen molar-refractivity contribution >= 4 is 16.8 Å². The van der Waals surface area contributed by atoms with Gasteiger partial charge in [-0.25, -0.2) is 4.39 Å². The molecule has 1 aromatic heterocycles. The summed E-state index contributed by atoms with van der Waals surface area (Å²) in [6.45, 7) is 6.26. The van der Waals surface area contributed by atoms with Crippen LogP contribution in [0.15, 0.2) is 59.4 Å². The van der Waals surface area contributed by atoms with Crippen LogP contribution in [0.25, 0.3) is 10.9 Å². The van der Waals surface area contributed by atoms with Crippen LogP contribution < -0.4 is 10.9 Å². The molecule has 1 amide bonds. The molecular formula is C23H25FN2O2. The Morgan fingerprint density at radius 2 is 1.75 bits per heavy atom. The SMILES string of the molecule is Cn1c(=O)cc(C(=O)NC(CC(C)(C)C)c2ccc(F)cc2)c2ccccc21. The number of fused-ring (bicyclic) bond motifs is 1. The van der Waals surface area contributed by atoms with Gasteiger partial charge in [-0.2, -0.15) is 0 Å². The van der Waals surface area contributed by atoms with Gasteiger partial charge in [-0.1, -0.05) is 51.1 Å². The first-order valence-corrected chi connectivity index (χ1v) is 9.31. The number of nitrogens with zero attached hydrogens (tertiary/aromatic N) is 1. The second-order valence-corrected chi connectivity index (χ2v) is 8.31. The molecule has 0 saturated carbocycles. The van der Waals surface area contributed by atoms with Crippen LogP contribution in [0.2, 0.25) is 0 Å². The number of hydrogen-bond acceptors (Lipinski definition) is 2. The first kappa shape index (κ1) is 19.8. The molecule has 5 heteroatoms. The Bertz CT molecular complexity index is 1060. The third-order valence-electron chi connectivity index (χ3n) is 4.79. The Labute approximate surface area is 164 Å². The summed E-state index contributed by atoms with van der Waals surface area (Å²) in [6.07, 6.45) is 0.674. The second-order valence-electron chi connectivity index (χ2n) is 8.31. The van der Waals surface area contributed by atoms with Gasteiger partial charge >= 0.3 is 0 Å².